The van der Waals surface area contributed by atoms with Gasteiger partial charge in [-0.05, 0) is 43.3 Å². The van der Waals surface area contributed by atoms with Gasteiger partial charge in [-0.15, -0.1) is 0 Å². The summed E-state index contributed by atoms with van der Waals surface area (Å²) < 4.78 is 13.4. The summed E-state index contributed by atoms with van der Waals surface area (Å²) in [4.78, 5) is 2.10. The maximum absolute atomic E-state index is 13.4. The zero-order valence-electron chi connectivity index (χ0n) is 11.7. The van der Waals surface area contributed by atoms with Gasteiger partial charge < -0.3 is 0 Å². The van der Waals surface area contributed by atoms with E-state index in [1.54, 1.807) is 6.07 Å². The van der Waals surface area contributed by atoms with Crippen molar-refractivity contribution in [2.45, 2.75) is 20.0 Å². The number of hydrogen-bond acceptors (Lipinski definition) is 2. The van der Waals surface area contributed by atoms with Crippen LogP contribution in [0.4, 0.5) is 4.39 Å². The minimum atomic E-state index is -0.358. The van der Waals surface area contributed by atoms with E-state index in [-0.39, 0.29) is 5.82 Å². The van der Waals surface area contributed by atoms with Gasteiger partial charge in [0.1, 0.15) is 5.82 Å². The van der Waals surface area contributed by atoms with Crippen LogP contribution in [0, 0.1) is 24.1 Å². The number of benzene rings is 2. The van der Waals surface area contributed by atoms with E-state index in [4.69, 9.17) is 5.26 Å². The average Bonchev–Trinajstić information content (AvgIpc) is 2.37. The number of rotatable bonds is 4. The van der Waals surface area contributed by atoms with Crippen LogP contribution in [0.25, 0.3) is 0 Å². The van der Waals surface area contributed by atoms with Crippen LogP contribution >= 0.6 is 0 Å². The van der Waals surface area contributed by atoms with Crippen LogP contribution in [-0.2, 0) is 13.1 Å². The van der Waals surface area contributed by atoms with Gasteiger partial charge in [0.2, 0.25) is 0 Å². The molecule has 0 bridgehead atoms. The van der Waals surface area contributed by atoms with Crippen LogP contribution in [-0.4, -0.2) is 11.9 Å². The monoisotopic (exact) mass is 268 g/mol. The zero-order chi connectivity index (χ0) is 14.5. The molecule has 0 amide bonds. The van der Waals surface area contributed by atoms with E-state index in [9.17, 15) is 4.39 Å². The number of aryl methyl sites for hydroxylation is 1. The van der Waals surface area contributed by atoms with Crippen molar-refractivity contribution in [1.29, 1.82) is 5.26 Å². The maximum atomic E-state index is 13.4. The fraction of sp³-hybridized carbons (Fsp3) is 0.235. The molecule has 2 nitrogen and oxygen atoms in total. The van der Waals surface area contributed by atoms with Crippen molar-refractivity contribution in [3.8, 4) is 6.07 Å². The summed E-state index contributed by atoms with van der Waals surface area (Å²) in [6.45, 7) is 3.47. The summed E-state index contributed by atoms with van der Waals surface area (Å²) in [6, 6.07) is 14.8. The molecule has 0 aromatic heterocycles. The predicted molar refractivity (Wildman–Crippen MR) is 77.5 cm³/mol. The Morgan fingerprint density at radius 1 is 1.10 bits per heavy atom. The Hall–Kier alpha value is -2.18. The van der Waals surface area contributed by atoms with E-state index in [1.807, 2.05) is 19.2 Å². The Balaban J connectivity index is 2.06. The minimum Gasteiger partial charge on any atom is -0.298 e. The molecular weight excluding hydrogens is 251 g/mol. The van der Waals surface area contributed by atoms with Gasteiger partial charge in [-0.25, -0.2) is 4.39 Å². The molecule has 2 aromatic carbocycles. The van der Waals surface area contributed by atoms with Crippen molar-refractivity contribution >= 4 is 0 Å². The molecule has 0 aliphatic heterocycles. The Morgan fingerprint density at radius 3 is 2.55 bits per heavy atom. The molecule has 0 unspecified atom stereocenters. The van der Waals surface area contributed by atoms with Crippen LogP contribution in [0.3, 0.4) is 0 Å². The molecule has 0 aliphatic carbocycles. The van der Waals surface area contributed by atoms with E-state index in [0.717, 1.165) is 12.1 Å². The van der Waals surface area contributed by atoms with E-state index in [2.05, 4.69) is 30.0 Å². The molecule has 0 N–H and O–H groups in total. The molecule has 2 rings (SSSR count). The molecule has 0 saturated heterocycles. The summed E-state index contributed by atoms with van der Waals surface area (Å²) in [7, 11) is 1.99. The molecule has 0 radical (unpaired) electrons. The second-order valence-electron chi connectivity index (χ2n) is 5.12. The van der Waals surface area contributed by atoms with Gasteiger partial charge in [-0.2, -0.15) is 5.26 Å². The number of hydrogen-bond donors (Lipinski definition) is 0. The predicted octanol–water partition coefficient (Wildman–Crippen LogP) is 3.64. The van der Waals surface area contributed by atoms with Crippen molar-refractivity contribution in [3.63, 3.8) is 0 Å². The van der Waals surface area contributed by atoms with Crippen LogP contribution < -0.4 is 0 Å². The standard InChI is InChI=1S/C17H17FN2/c1-13-4-3-5-14(6-13)11-20(2)12-16-7-15(10-19)8-17(18)9-16/h3-9H,11-12H2,1-2H3. The molecule has 0 spiro atoms. The Morgan fingerprint density at radius 2 is 1.85 bits per heavy atom. The van der Waals surface area contributed by atoms with Crippen molar-refractivity contribution in [2.24, 2.45) is 0 Å². The first-order chi connectivity index (χ1) is 9.56. The lowest BCUT2D eigenvalue weighted by molar-refractivity contribution is 0.318. The third-order valence-corrected chi connectivity index (χ3v) is 3.07. The highest BCUT2D eigenvalue weighted by atomic mass is 19.1. The van der Waals surface area contributed by atoms with Crippen molar-refractivity contribution in [1.82, 2.24) is 4.90 Å². The third-order valence-electron chi connectivity index (χ3n) is 3.07. The molecule has 0 saturated carbocycles. The van der Waals surface area contributed by atoms with Crippen LogP contribution in [0.1, 0.15) is 22.3 Å². The quantitative estimate of drug-likeness (QED) is 0.846. The molecule has 3 heteroatoms. The summed E-state index contributed by atoms with van der Waals surface area (Å²) in [5.41, 5.74) is 3.64. The second kappa shape index (κ2) is 6.31. The number of nitrogens with zero attached hydrogens (tertiary/aromatic N) is 2. The third kappa shape index (κ3) is 3.91. The van der Waals surface area contributed by atoms with Crippen LogP contribution in [0.15, 0.2) is 42.5 Å². The number of halogens is 1. The Kier molecular flexibility index (Phi) is 4.49. The summed E-state index contributed by atoms with van der Waals surface area (Å²) in [5.74, 6) is -0.358. The van der Waals surface area contributed by atoms with Gasteiger partial charge in [-0.3, -0.25) is 4.90 Å². The Labute approximate surface area is 119 Å². The SMILES string of the molecule is Cc1cccc(CN(C)Cc2cc(F)cc(C#N)c2)c1. The first-order valence-corrected chi connectivity index (χ1v) is 6.50. The molecule has 102 valence electrons. The molecule has 0 fully saturated rings. The van der Waals surface area contributed by atoms with Gasteiger partial charge in [0.25, 0.3) is 0 Å². The van der Waals surface area contributed by atoms with Gasteiger partial charge in [-0.1, -0.05) is 29.8 Å². The van der Waals surface area contributed by atoms with E-state index in [0.29, 0.717) is 12.1 Å². The summed E-state index contributed by atoms with van der Waals surface area (Å²) >= 11 is 0. The van der Waals surface area contributed by atoms with E-state index < -0.39 is 0 Å². The van der Waals surface area contributed by atoms with Crippen LogP contribution in [0.5, 0.6) is 0 Å². The smallest absolute Gasteiger partial charge is 0.124 e. The normalized spacial score (nSPS) is 10.6. The first-order valence-electron chi connectivity index (χ1n) is 6.50. The zero-order valence-corrected chi connectivity index (χ0v) is 11.7. The largest absolute Gasteiger partial charge is 0.298 e. The minimum absolute atomic E-state index is 0.358. The topological polar surface area (TPSA) is 27.0 Å². The first kappa shape index (κ1) is 14.2. The van der Waals surface area contributed by atoms with E-state index in [1.165, 1.54) is 23.3 Å². The molecule has 2 aromatic rings. The van der Waals surface area contributed by atoms with Crippen molar-refractivity contribution in [3.05, 3.63) is 70.5 Å². The summed E-state index contributed by atoms with van der Waals surface area (Å²) in [6.07, 6.45) is 0. The lowest BCUT2D eigenvalue weighted by atomic mass is 10.1. The molecule has 20 heavy (non-hydrogen) atoms. The van der Waals surface area contributed by atoms with Crippen molar-refractivity contribution in [2.75, 3.05) is 7.05 Å². The highest BCUT2D eigenvalue weighted by Crippen LogP contribution is 2.13. The molecular formula is C17H17FN2. The van der Waals surface area contributed by atoms with Crippen LogP contribution in [0.2, 0.25) is 0 Å². The van der Waals surface area contributed by atoms with Crippen molar-refractivity contribution < 1.29 is 4.39 Å². The average molecular weight is 268 g/mol. The second-order valence-corrected chi connectivity index (χ2v) is 5.12. The highest BCUT2D eigenvalue weighted by Gasteiger charge is 2.05. The van der Waals surface area contributed by atoms with E-state index >= 15 is 0 Å². The lowest BCUT2D eigenvalue weighted by Gasteiger charge is -2.17. The molecule has 0 atom stereocenters. The number of nitriles is 1. The molecule has 0 heterocycles. The van der Waals surface area contributed by atoms with Gasteiger partial charge >= 0.3 is 0 Å². The maximum Gasteiger partial charge on any atom is 0.124 e. The Bertz CT molecular complexity index is 644. The fourth-order valence-corrected chi connectivity index (χ4v) is 2.30. The lowest BCUT2D eigenvalue weighted by Crippen LogP contribution is -2.17. The highest BCUT2D eigenvalue weighted by molar-refractivity contribution is 5.33. The summed E-state index contributed by atoms with van der Waals surface area (Å²) in [5, 5.41) is 8.86. The molecule has 0 aliphatic rings. The van der Waals surface area contributed by atoms with Gasteiger partial charge in [0, 0.05) is 13.1 Å². The van der Waals surface area contributed by atoms with Gasteiger partial charge in [0.05, 0.1) is 11.6 Å². The van der Waals surface area contributed by atoms with Gasteiger partial charge in [0.15, 0.2) is 0 Å². The fourth-order valence-electron chi connectivity index (χ4n) is 2.30.